The average molecular weight is 250 g/mol. The minimum atomic E-state index is -0.123. The van der Waals surface area contributed by atoms with Gasteiger partial charge in [-0.2, -0.15) is 0 Å². The second kappa shape index (κ2) is 6.40. The number of carbonyl (C=O) groups is 1. The first-order valence-corrected chi connectivity index (χ1v) is 6.18. The van der Waals surface area contributed by atoms with E-state index in [2.05, 4.69) is 5.32 Å². The average Bonchev–Trinajstić information content (AvgIpc) is 2.25. The Morgan fingerprint density at radius 3 is 2.61 bits per heavy atom. The summed E-state index contributed by atoms with van der Waals surface area (Å²) < 4.78 is 5.55. The van der Waals surface area contributed by atoms with E-state index >= 15 is 0 Å². The van der Waals surface area contributed by atoms with Gasteiger partial charge in [0, 0.05) is 17.6 Å². The Morgan fingerprint density at radius 2 is 2.06 bits per heavy atom. The van der Waals surface area contributed by atoms with E-state index in [-0.39, 0.29) is 24.6 Å². The summed E-state index contributed by atoms with van der Waals surface area (Å²) >= 11 is 0. The van der Waals surface area contributed by atoms with E-state index in [1.165, 1.54) is 0 Å². The first-order valence-electron chi connectivity index (χ1n) is 6.18. The topological polar surface area (TPSA) is 64.3 Å². The highest BCUT2D eigenvalue weighted by Crippen LogP contribution is 2.24. The van der Waals surface area contributed by atoms with Crippen LogP contribution in [0.1, 0.15) is 37.9 Å². The normalized spacial score (nSPS) is 12.3. The Hall–Kier alpha value is -1.55. The Bertz CT molecular complexity index is 414. The van der Waals surface area contributed by atoms with Crippen molar-refractivity contribution in [1.82, 2.24) is 5.32 Å². The summed E-state index contributed by atoms with van der Waals surface area (Å²) in [6.45, 7) is 7.72. The molecule has 0 aliphatic heterocycles. The molecule has 0 bridgehead atoms. The van der Waals surface area contributed by atoms with Crippen LogP contribution in [0, 0.1) is 6.92 Å². The van der Waals surface area contributed by atoms with Crippen LogP contribution in [0.4, 0.5) is 0 Å². The summed E-state index contributed by atoms with van der Waals surface area (Å²) in [6.07, 6.45) is 0. The fourth-order valence-corrected chi connectivity index (χ4v) is 1.65. The number of hydrogen-bond acceptors (Lipinski definition) is 3. The van der Waals surface area contributed by atoms with E-state index in [1.54, 1.807) is 0 Å². The molecule has 0 aliphatic carbocycles. The van der Waals surface area contributed by atoms with Crippen molar-refractivity contribution in [3.63, 3.8) is 0 Å². The van der Waals surface area contributed by atoms with Crippen molar-refractivity contribution < 1.29 is 9.53 Å². The van der Waals surface area contributed by atoms with Crippen LogP contribution in [0.5, 0.6) is 5.75 Å². The Kier molecular flexibility index (Phi) is 5.16. The Morgan fingerprint density at radius 1 is 1.39 bits per heavy atom. The monoisotopic (exact) mass is 250 g/mol. The van der Waals surface area contributed by atoms with Crippen LogP contribution < -0.4 is 15.8 Å². The molecule has 0 aromatic heterocycles. The van der Waals surface area contributed by atoms with Gasteiger partial charge in [0.2, 0.25) is 0 Å². The molecule has 0 saturated heterocycles. The molecule has 100 valence electrons. The minimum Gasteiger partial charge on any atom is -0.483 e. The maximum absolute atomic E-state index is 11.5. The molecule has 0 radical (unpaired) electrons. The zero-order valence-electron chi connectivity index (χ0n) is 11.5. The molecule has 4 nitrogen and oxygen atoms in total. The lowest BCUT2D eigenvalue weighted by Crippen LogP contribution is -2.34. The van der Waals surface area contributed by atoms with Crippen molar-refractivity contribution in [2.45, 2.75) is 39.8 Å². The number of amides is 1. The Labute approximate surface area is 109 Å². The largest absolute Gasteiger partial charge is 0.483 e. The highest BCUT2D eigenvalue weighted by molar-refractivity contribution is 5.77. The van der Waals surface area contributed by atoms with Gasteiger partial charge in [-0.15, -0.1) is 0 Å². The van der Waals surface area contributed by atoms with Crippen molar-refractivity contribution in [3.8, 4) is 5.75 Å². The molecule has 4 heteroatoms. The smallest absolute Gasteiger partial charge is 0.258 e. The molecule has 0 unspecified atom stereocenters. The number of nitrogens with two attached hydrogens (primary N) is 1. The van der Waals surface area contributed by atoms with Gasteiger partial charge in [-0.05, 0) is 39.3 Å². The van der Waals surface area contributed by atoms with Crippen LogP contribution in [0.25, 0.3) is 0 Å². The molecule has 0 aliphatic rings. The number of nitrogens with one attached hydrogen (secondary N) is 1. The molecule has 1 atom stereocenters. The molecule has 0 fully saturated rings. The van der Waals surface area contributed by atoms with Gasteiger partial charge in [-0.1, -0.05) is 12.1 Å². The molecule has 1 aromatic rings. The minimum absolute atomic E-state index is 0.0152. The van der Waals surface area contributed by atoms with Crippen LogP contribution in [-0.4, -0.2) is 18.6 Å². The lowest BCUT2D eigenvalue weighted by molar-refractivity contribution is -0.123. The van der Waals surface area contributed by atoms with Gasteiger partial charge >= 0.3 is 0 Å². The maximum Gasteiger partial charge on any atom is 0.258 e. The summed E-state index contributed by atoms with van der Waals surface area (Å²) in [5.74, 6) is 0.561. The lowest BCUT2D eigenvalue weighted by atomic mass is 10.1. The fourth-order valence-electron chi connectivity index (χ4n) is 1.65. The van der Waals surface area contributed by atoms with E-state index in [0.717, 1.165) is 11.1 Å². The van der Waals surface area contributed by atoms with E-state index in [4.69, 9.17) is 10.5 Å². The van der Waals surface area contributed by atoms with Crippen LogP contribution in [0.3, 0.4) is 0 Å². The van der Waals surface area contributed by atoms with Crippen molar-refractivity contribution in [1.29, 1.82) is 0 Å². The number of rotatable bonds is 5. The highest BCUT2D eigenvalue weighted by Gasteiger charge is 2.10. The summed E-state index contributed by atoms with van der Waals surface area (Å²) in [5.41, 5.74) is 7.87. The van der Waals surface area contributed by atoms with Crippen LogP contribution in [0.2, 0.25) is 0 Å². The van der Waals surface area contributed by atoms with Crippen molar-refractivity contribution in [3.05, 3.63) is 29.3 Å². The number of hydrogen-bond donors (Lipinski definition) is 2. The van der Waals surface area contributed by atoms with Crippen molar-refractivity contribution in [2.24, 2.45) is 5.73 Å². The summed E-state index contributed by atoms with van der Waals surface area (Å²) in [4.78, 5) is 11.5. The second-order valence-corrected chi connectivity index (χ2v) is 4.84. The predicted octanol–water partition coefficient (Wildman–Crippen LogP) is 1.92. The van der Waals surface area contributed by atoms with E-state index in [1.807, 2.05) is 45.9 Å². The molecule has 0 heterocycles. The molecule has 1 aromatic carbocycles. The van der Waals surface area contributed by atoms with Crippen LogP contribution in [0.15, 0.2) is 18.2 Å². The third kappa shape index (κ3) is 4.37. The van der Waals surface area contributed by atoms with Crippen molar-refractivity contribution in [2.75, 3.05) is 6.61 Å². The number of aryl methyl sites for hydroxylation is 1. The summed E-state index contributed by atoms with van der Waals surface area (Å²) in [5, 5.41) is 2.78. The van der Waals surface area contributed by atoms with Gasteiger partial charge in [-0.25, -0.2) is 0 Å². The molecular formula is C14H22N2O2. The molecule has 18 heavy (non-hydrogen) atoms. The zero-order valence-corrected chi connectivity index (χ0v) is 11.5. The maximum atomic E-state index is 11.5. The summed E-state index contributed by atoms with van der Waals surface area (Å²) in [6, 6.07) is 5.83. The second-order valence-electron chi connectivity index (χ2n) is 4.84. The van der Waals surface area contributed by atoms with Crippen LogP contribution in [-0.2, 0) is 4.79 Å². The molecule has 0 saturated carbocycles. The first-order chi connectivity index (χ1) is 8.40. The Balaban J connectivity index is 2.71. The van der Waals surface area contributed by atoms with Gasteiger partial charge < -0.3 is 15.8 Å². The SMILES string of the molecule is Cc1ccc([C@@H](C)N)c(OCC(=O)NC(C)C)c1. The van der Waals surface area contributed by atoms with E-state index < -0.39 is 0 Å². The fraction of sp³-hybridized carbons (Fsp3) is 0.500. The van der Waals surface area contributed by atoms with E-state index in [0.29, 0.717) is 5.75 Å². The van der Waals surface area contributed by atoms with Gasteiger partial charge in [0.25, 0.3) is 5.91 Å². The number of benzene rings is 1. The number of ether oxygens (including phenoxy) is 1. The van der Waals surface area contributed by atoms with E-state index in [9.17, 15) is 4.79 Å². The van der Waals surface area contributed by atoms with Gasteiger partial charge in [-0.3, -0.25) is 4.79 Å². The third-order valence-corrected chi connectivity index (χ3v) is 2.47. The predicted molar refractivity (Wildman–Crippen MR) is 72.6 cm³/mol. The van der Waals surface area contributed by atoms with Gasteiger partial charge in [0.05, 0.1) is 0 Å². The third-order valence-electron chi connectivity index (χ3n) is 2.47. The first kappa shape index (κ1) is 14.5. The van der Waals surface area contributed by atoms with Crippen molar-refractivity contribution >= 4 is 5.91 Å². The van der Waals surface area contributed by atoms with Crippen LogP contribution >= 0.6 is 0 Å². The number of carbonyl (C=O) groups excluding carboxylic acids is 1. The molecular weight excluding hydrogens is 228 g/mol. The molecule has 1 amide bonds. The summed E-state index contributed by atoms with van der Waals surface area (Å²) in [7, 11) is 0. The lowest BCUT2D eigenvalue weighted by Gasteiger charge is -2.15. The highest BCUT2D eigenvalue weighted by atomic mass is 16.5. The molecule has 1 rings (SSSR count). The molecule has 0 spiro atoms. The van der Waals surface area contributed by atoms with Gasteiger partial charge in [0.15, 0.2) is 6.61 Å². The standard InChI is InChI=1S/C14H22N2O2/c1-9(2)16-14(17)8-18-13-7-10(3)5-6-12(13)11(4)15/h5-7,9,11H,8,15H2,1-4H3,(H,16,17)/t11-/m1/s1. The molecule has 3 N–H and O–H groups in total. The zero-order chi connectivity index (χ0) is 13.7. The van der Waals surface area contributed by atoms with Gasteiger partial charge in [0.1, 0.15) is 5.75 Å². The quantitative estimate of drug-likeness (QED) is 0.839.